The first-order valence-electron chi connectivity index (χ1n) is 20.0. The maximum absolute atomic E-state index is 7.30. The highest BCUT2D eigenvalue weighted by molar-refractivity contribution is 5.87. The van der Waals surface area contributed by atoms with Gasteiger partial charge in [0.05, 0.1) is 11.4 Å². The number of aromatic nitrogens is 2. The minimum absolute atomic E-state index is 0.375. The molecule has 0 N–H and O–H groups in total. The molecule has 0 radical (unpaired) electrons. The number of hydrogen-bond acceptors (Lipinski definition) is 4. The predicted molar refractivity (Wildman–Crippen MR) is 240 cm³/mol. The summed E-state index contributed by atoms with van der Waals surface area (Å²) in [5.74, 6) is 3.08. The zero-order valence-corrected chi connectivity index (χ0v) is 32.8. The average Bonchev–Trinajstić information content (AvgIpc) is 3.30. The zero-order valence-electron chi connectivity index (χ0n) is 32.8. The van der Waals surface area contributed by atoms with E-state index in [1.807, 2.05) is 67.0 Å². The number of pyridine rings is 2. The van der Waals surface area contributed by atoms with Gasteiger partial charge in [-0.05, 0) is 94.5 Å². The molecule has 0 spiro atoms. The van der Waals surface area contributed by atoms with E-state index in [1.165, 1.54) is 0 Å². The fraction of sp³-hybridized carbons (Fsp3) is 0.0545. The van der Waals surface area contributed by atoms with Crippen LogP contribution in [0.25, 0.3) is 67.0 Å². The first-order valence-corrected chi connectivity index (χ1v) is 20.0. The van der Waals surface area contributed by atoms with Crippen molar-refractivity contribution in [3.63, 3.8) is 0 Å². The Hall–Kier alpha value is -7.56. The van der Waals surface area contributed by atoms with Crippen molar-refractivity contribution in [2.45, 2.75) is 19.3 Å². The van der Waals surface area contributed by atoms with Gasteiger partial charge in [-0.25, -0.2) is 0 Å². The summed E-state index contributed by atoms with van der Waals surface area (Å²) in [5.41, 5.74) is 14.2. The van der Waals surface area contributed by atoms with Gasteiger partial charge in [-0.1, -0.05) is 141 Å². The highest BCUT2D eigenvalue weighted by Crippen LogP contribution is 2.55. The summed E-state index contributed by atoms with van der Waals surface area (Å²) in [7, 11) is 0. The van der Waals surface area contributed by atoms with Crippen molar-refractivity contribution in [3.05, 3.63) is 218 Å². The fourth-order valence-corrected chi connectivity index (χ4v) is 8.24. The lowest BCUT2D eigenvalue weighted by Gasteiger charge is -2.36. The maximum atomic E-state index is 7.30. The Morgan fingerprint density at radius 1 is 0.390 bits per heavy atom. The molecule has 0 bridgehead atoms. The molecule has 10 rings (SSSR count). The number of hydrogen-bond donors (Lipinski definition) is 0. The second kappa shape index (κ2) is 15.1. The molecule has 1 aliphatic heterocycles. The van der Waals surface area contributed by atoms with Gasteiger partial charge in [0.25, 0.3) is 0 Å². The molecule has 0 atom stereocenters. The van der Waals surface area contributed by atoms with E-state index in [1.54, 1.807) is 0 Å². The second-order valence-electron chi connectivity index (χ2n) is 15.4. The van der Waals surface area contributed by atoms with Crippen LogP contribution in [0.2, 0.25) is 0 Å². The molecule has 282 valence electrons. The van der Waals surface area contributed by atoms with Gasteiger partial charge >= 0.3 is 0 Å². The fourth-order valence-electron chi connectivity index (χ4n) is 8.24. The lowest BCUT2D eigenvalue weighted by atomic mass is 9.73. The van der Waals surface area contributed by atoms with E-state index in [9.17, 15) is 0 Å². The molecule has 0 amide bonds. The summed E-state index contributed by atoms with van der Waals surface area (Å²) in [6.45, 7) is 4.59. The van der Waals surface area contributed by atoms with Crippen molar-refractivity contribution in [2.24, 2.45) is 0 Å². The number of fused-ring (bicyclic) bond motifs is 2. The van der Waals surface area contributed by atoms with Crippen molar-refractivity contribution in [2.75, 3.05) is 0 Å². The van der Waals surface area contributed by atoms with Crippen LogP contribution in [0, 0.1) is 0 Å². The Kier molecular flexibility index (Phi) is 9.15. The van der Waals surface area contributed by atoms with Gasteiger partial charge in [0.15, 0.2) is 0 Å². The lowest BCUT2D eigenvalue weighted by molar-refractivity contribution is 0.420. The van der Waals surface area contributed by atoms with E-state index in [-0.39, 0.29) is 5.41 Å². The lowest BCUT2D eigenvalue weighted by Crippen LogP contribution is -2.25. The van der Waals surface area contributed by atoms with Gasteiger partial charge in [-0.2, -0.15) is 0 Å². The zero-order chi connectivity index (χ0) is 39.8. The Morgan fingerprint density at radius 3 is 1.53 bits per heavy atom. The molecule has 4 heteroatoms. The topological polar surface area (TPSA) is 44.2 Å². The van der Waals surface area contributed by atoms with Gasteiger partial charge < -0.3 is 9.47 Å². The molecule has 59 heavy (non-hydrogen) atoms. The van der Waals surface area contributed by atoms with Crippen LogP contribution in [0.4, 0.5) is 0 Å². The van der Waals surface area contributed by atoms with E-state index in [4.69, 9.17) is 9.47 Å². The SMILES string of the molecule is CC1(C)c2cccc(-c3cc(-c4ccccc4)cc(-c4ccccc4)c3)c2Oc2c(-c3ccc(-c4ccccn4)cc3Oc3cccc(-c4ccccn4)c3)cccc21. The van der Waals surface area contributed by atoms with Gasteiger partial charge in [0.2, 0.25) is 0 Å². The highest BCUT2D eigenvalue weighted by Gasteiger charge is 2.37. The van der Waals surface area contributed by atoms with E-state index in [0.717, 1.165) is 89.6 Å². The standard InChI is InChI=1S/C55H40N2O2/c1-55(2)48-24-14-22-45(43-33-41(37-16-5-3-6-17-37)32-42(34-43)38-18-7-4-8-19-38)53(48)59-54-47(23-15-25-49(54)55)46-29-28-40(51-27-10-12-31-57-51)36-52(46)58-44-21-13-20-39(35-44)50-26-9-11-30-56-50/h3-36H,1-2H3. The van der Waals surface area contributed by atoms with Crippen molar-refractivity contribution in [3.8, 4) is 90.0 Å². The number of para-hydroxylation sites is 2. The van der Waals surface area contributed by atoms with Crippen LogP contribution >= 0.6 is 0 Å². The molecular weight excluding hydrogens is 721 g/mol. The molecule has 0 saturated carbocycles. The van der Waals surface area contributed by atoms with Crippen LogP contribution < -0.4 is 9.47 Å². The van der Waals surface area contributed by atoms with Crippen molar-refractivity contribution in [1.29, 1.82) is 0 Å². The summed E-state index contributed by atoms with van der Waals surface area (Å²) < 4.78 is 14.2. The third-order valence-electron chi connectivity index (χ3n) is 11.3. The largest absolute Gasteiger partial charge is 0.457 e. The van der Waals surface area contributed by atoms with Crippen LogP contribution in [-0.2, 0) is 5.41 Å². The molecule has 0 fully saturated rings. The quantitative estimate of drug-likeness (QED) is 0.155. The third kappa shape index (κ3) is 6.85. The van der Waals surface area contributed by atoms with Crippen LogP contribution in [0.15, 0.2) is 207 Å². The predicted octanol–water partition coefficient (Wildman–Crippen LogP) is 14.7. The summed E-state index contributed by atoms with van der Waals surface area (Å²) in [4.78, 5) is 9.25. The molecule has 4 nitrogen and oxygen atoms in total. The molecule has 2 aromatic heterocycles. The number of benzene rings is 7. The Labute approximate surface area is 345 Å². The van der Waals surface area contributed by atoms with E-state index >= 15 is 0 Å². The highest BCUT2D eigenvalue weighted by atomic mass is 16.5. The molecule has 7 aromatic carbocycles. The van der Waals surface area contributed by atoms with Crippen LogP contribution in [-0.4, -0.2) is 9.97 Å². The average molecular weight is 761 g/mol. The van der Waals surface area contributed by atoms with Crippen LogP contribution in [0.1, 0.15) is 25.0 Å². The molecule has 9 aromatic rings. The van der Waals surface area contributed by atoms with Gasteiger partial charge in [0, 0.05) is 56.8 Å². The monoisotopic (exact) mass is 760 g/mol. The number of ether oxygens (including phenoxy) is 2. The Balaban J connectivity index is 1.12. The van der Waals surface area contributed by atoms with Crippen molar-refractivity contribution < 1.29 is 9.47 Å². The molecule has 0 saturated heterocycles. The van der Waals surface area contributed by atoms with Gasteiger partial charge in [-0.15, -0.1) is 0 Å². The molecule has 0 aliphatic carbocycles. The van der Waals surface area contributed by atoms with Crippen LogP contribution in [0.3, 0.4) is 0 Å². The first-order chi connectivity index (χ1) is 29.0. The maximum Gasteiger partial charge on any atom is 0.139 e. The molecular formula is C55H40N2O2. The first kappa shape index (κ1) is 35.8. The molecule has 0 unspecified atom stereocenters. The van der Waals surface area contributed by atoms with Crippen LogP contribution in [0.5, 0.6) is 23.0 Å². The Bertz CT molecular complexity index is 2890. The Morgan fingerprint density at radius 2 is 0.915 bits per heavy atom. The summed E-state index contributed by atoms with van der Waals surface area (Å²) in [5, 5.41) is 0. The summed E-state index contributed by atoms with van der Waals surface area (Å²) in [6.07, 6.45) is 3.63. The smallest absolute Gasteiger partial charge is 0.139 e. The van der Waals surface area contributed by atoms with Gasteiger partial charge in [-0.3, -0.25) is 9.97 Å². The van der Waals surface area contributed by atoms with Crippen molar-refractivity contribution in [1.82, 2.24) is 9.97 Å². The third-order valence-corrected chi connectivity index (χ3v) is 11.3. The number of nitrogens with zero attached hydrogens (tertiary/aromatic N) is 2. The van der Waals surface area contributed by atoms with E-state index < -0.39 is 0 Å². The second-order valence-corrected chi connectivity index (χ2v) is 15.4. The van der Waals surface area contributed by atoms with E-state index in [0.29, 0.717) is 11.5 Å². The molecule has 1 aliphatic rings. The summed E-state index contributed by atoms with van der Waals surface area (Å²) >= 11 is 0. The normalized spacial score (nSPS) is 12.5. The molecule has 3 heterocycles. The minimum Gasteiger partial charge on any atom is -0.457 e. The van der Waals surface area contributed by atoms with Crippen molar-refractivity contribution >= 4 is 0 Å². The summed E-state index contributed by atoms with van der Waals surface area (Å²) in [6, 6.07) is 67.3. The minimum atomic E-state index is -0.375. The van der Waals surface area contributed by atoms with E-state index in [2.05, 4.69) is 163 Å². The van der Waals surface area contributed by atoms with Gasteiger partial charge in [0.1, 0.15) is 23.0 Å². The number of rotatable bonds is 8.